The normalized spacial score (nSPS) is 12.9. The number of halogens is 1. The fraction of sp³-hybridized carbons (Fsp3) is 0.625. The molecule has 0 fully saturated rings. The van der Waals surface area contributed by atoms with Gasteiger partial charge in [-0.05, 0) is 55.3 Å². The van der Waals surface area contributed by atoms with E-state index >= 15 is 0 Å². The lowest BCUT2D eigenvalue weighted by Crippen LogP contribution is -2.19. The van der Waals surface area contributed by atoms with Crippen molar-refractivity contribution in [1.29, 1.82) is 0 Å². The topological polar surface area (TPSA) is 35.2 Å². The number of ether oxygens (including phenoxy) is 1. The summed E-state index contributed by atoms with van der Waals surface area (Å²) in [5.41, 5.74) is 7.09. The van der Waals surface area contributed by atoms with Gasteiger partial charge in [-0.3, -0.25) is 0 Å². The fourth-order valence-electron chi connectivity index (χ4n) is 1.97. The molecule has 108 valence electrons. The minimum absolute atomic E-state index is 0.470. The largest absolute Gasteiger partial charge is 0.381 e. The maximum absolute atomic E-state index is 5.99. The van der Waals surface area contributed by atoms with Crippen molar-refractivity contribution in [2.24, 2.45) is 17.6 Å². The molecule has 0 aliphatic heterocycles. The monoisotopic (exact) mass is 283 g/mol. The average molecular weight is 284 g/mol. The van der Waals surface area contributed by atoms with Crippen LogP contribution in [0.15, 0.2) is 24.3 Å². The molecule has 1 rings (SSSR count). The van der Waals surface area contributed by atoms with Gasteiger partial charge in [0.2, 0.25) is 0 Å². The Morgan fingerprint density at radius 1 is 1.21 bits per heavy atom. The van der Waals surface area contributed by atoms with Crippen LogP contribution in [0.4, 0.5) is 0 Å². The molecule has 2 nitrogen and oxygen atoms in total. The standard InChI is InChI=1S/C16H26ClNO/c1-13(2)6-8-19-9-7-15(12-18)10-14-4-3-5-16(17)11-14/h3-5,11,13,15H,6-10,12,18H2,1-2H3. The summed E-state index contributed by atoms with van der Waals surface area (Å²) in [4.78, 5) is 0. The van der Waals surface area contributed by atoms with Crippen LogP contribution in [0.3, 0.4) is 0 Å². The predicted molar refractivity (Wildman–Crippen MR) is 82.6 cm³/mol. The number of benzene rings is 1. The Morgan fingerprint density at radius 2 is 1.95 bits per heavy atom. The molecular weight excluding hydrogens is 258 g/mol. The molecule has 0 aromatic heterocycles. The maximum Gasteiger partial charge on any atom is 0.0469 e. The second-order valence-electron chi connectivity index (χ2n) is 5.52. The average Bonchev–Trinajstić information content (AvgIpc) is 2.36. The van der Waals surface area contributed by atoms with Crippen molar-refractivity contribution >= 4 is 11.6 Å². The minimum atomic E-state index is 0.470. The van der Waals surface area contributed by atoms with E-state index in [0.717, 1.165) is 37.5 Å². The minimum Gasteiger partial charge on any atom is -0.381 e. The van der Waals surface area contributed by atoms with E-state index in [1.54, 1.807) is 0 Å². The van der Waals surface area contributed by atoms with Gasteiger partial charge in [0.1, 0.15) is 0 Å². The molecular formula is C16H26ClNO. The molecule has 0 heterocycles. The second-order valence-corrected chi connectivity index (χ2v) is 5.96. The Morgan fingerprint density at radius 3 is 2.58 bits per heavy atom. The summed E-state index contributed by atoms with van der Waals surface area (Å²) in [6, 6.07) is 8.01. The van der Waals surface area contributed by atoms with E-state index < -0.39 is 0 Å². The Balaban J connectivity index is 2.26. The first-order chi connectivity index (χ1) is 9.11. The molecule has 1 aromatic carbocycles. The van der Waals surface area contributed by atoms with Crippen LogP contribution >= 0.6 is 11.6 Å². The highest BCUT2D eigenvalue weighted by Gasteiger charge is 2.08. The number of hydrogen-bond donors (Lipinski definition) is 1. The van der Waals surface area contributed by atoms with Gasteiger partial charge >= 0.3 is 0 Å². The van der Waals surface area contributed by atoms with Crippen LogP contribution in [0.5, 0.6) is 0 Å². The Hall–Kier alpha value is -0.570. The quantitative estimate of drug-likeness (QED) is 0.698. The highest BCUT2D eigenvalue weighted by atomic mass is 35.5. The van der Waals surface area contributed by atoms with Crippen LogP contribution in [0.2, 0.25) is 5.02 Å². The van der Waals surface area contributed by atoms with Gasteiger partial charge in [0.05, 0.1) is 0 Å². The van der Waals surface area contributed by atoms with Crippen LogP contribution in [-0.2, 0) is 11.2 Å². The molecule has 19 heavy (non-hydrogen) atoms. The van der Waals surface area contributed by atoms with Gasteiger partial charge in [0.25, 0.3) is 0 Å². The number of nitrogens with two attached hydrogens (primary N) is 1. The Labute approximate surface area is 122 Å². The van der Waals surface area contributed by atoms with Crippen molar-refractivity contribution in [1.82, 2.24) is 0 Å². The van der Waals surface area contributed by atoms with E-state index in [-0.39, 0.29) is 0 Å². The van der Waals surface area contributed by atoms with Crippen molar-refractivity contribution in [3.05, 3.63) is 34.9 Å². The molecule has 0 saturated carbocycles. The SMILES string of the molecule is CC(C)CCOCCC(CN)Cc1cccc(Cl)c1. The van der Waals surface area contributed by atoms with Gasteiger partial charge in [-0.1, -0.05) is 37.6 Å². The molecule has 0 amide bonds. The van der Waals surface area contributed by atoms with E-state index in [2.05, 4.69) is 19.9 Å². The summed E-state index contributed by atoms with van der Waals surface area (Å²) in [6.45, 7) is 6.78. The fourth-order valence-corrected chi connectivity index (χ4v) is 2.18. The van der Waals surface area contributed by atoms with Gasteiger partial charge in [0, 0.05) is 18.2 Å². The molecule has 3 heteroatoms. The van der Waals surface area contributed by atoms with Gasteiger partial charge in [-0.25, -0.2) is 0 Å². The van der Waals surface area contributed by atoms with Crippen molar-refractivity contribution in [3.8, 4) is 0 Å². The van der Waals surface area contributed by atoms with E-state index in [0.29, 0.717) is 18.4 Å². The first kappa shape index (κ1) is 16.5. The third-order valence-electron chi connectivity index (χ3n) is 3.26. The predicted octanol–water partition coefficient (Wildman–Crippen LogP) is 3.91. The van der Waals surface area contributed by atoms with Gasteiger partial charge in [-0.2, -0.15) is 0 Å². The Bertz CT molecular complexity index is 354. The van der Waals surface area contributed by atoms with Gasteiger partial charge in [0.15, 0.2) is 0 Å². The molecule has 1 atom stereocenters. The first-order valence-corrected chi connectivity index (χ1v) is 7.52. The van der Waals surface area contributed by atoms with E-state index in [1.165, 1.54) is 5.56 Å². The third kappa shape index (κ3) is 7.56. The highest BCUT2D eigenvalue weighted by molar-refractivity contribution is 6.30. The summed E-state index contributed by atoms with van der Waals surface area (Å²) in [7, 11) is 0. The summed E-state index contributed by atoms with van der Waals surface area (Å²) >= 11 is 5.99. The summed E-state index contributed by atoms with van der Waals surface area (Å²) < 4.78 is 5.66. The molecule has 0 bridgehead atoms. The molecule has 0 radical (unpaired) electrons. The zero-order chi connectivity index (χ0) is 14.1. The first-order valence-electron chi connectivity index (χ1n) is 7.14. The molecule has 1 unspecified atom stereocenters. The van der Waals surface area contributed by atoms with Gasteiger partial charge < -0.3 is 10.5 Å². The smallest absolute Gasteiger partial charge is 0.0469 e. The van der Waals surface area contributed by atoms with Crippen molar-refractivity contribution in [2.75, 3.05) is 19.8 Å². The summed E-state index contributed by atoms with van der Waals surface area (Å²) in [5, 5.41) is 0.793. The lowest BCUT2D eigenvalue weighted by molar-refractivity contribution is 0.111. The Kier molecular flexibility index (Phi) is 8.11. The lowest BCUT2D eigenvalue weighted by Gasteiger charge is -2.15. The van der Waals surface area contributed by atoms with Crippen LogP contribution in [0.25, 0.3) is 0 Å². The molecule has 0 aliphatic carbocycles. The van der Waals surface area contributed by atoms with Gasteiger partial charge in [-0.15, -0.1) is 0 Å². The van der Waals surface area contributed by atoms with Crippen LogP contribution < -0.4 is 5.73 Å². The third-order valence-corrected chi connectivity index (χ3v) is 3.49. The van der Waals surface area contributed by atoms with Crippen molar-refractivity contribution in [3.63, 3.8) is 0 Å². The van der Waals surface area contributed by atoms with Crippen LogP contribution in [-0.4, -0.2) is 19.8 Å². The summed E-state index contributed by atoms with van der Waals surface area (Å²) in [6.07, 6.45) is 3.12. The van der Waals surface area contributed by atoms with Crippen molar-refractivity contribution in [2.45, 2.75) is 33.1 Å². The van der Waals surface area contributed by atoms with E-state index in [4.69, 9.17) is 22.1 Å². The molecule has 1 aromatic rings. The molecule has 0 aliphatic rings. The second kappa shape index (κ2) is 9.35. The maximum atomic E-state index is 5.99. The zero-order valence-electron chi connectivity index (χ0n) is 12.1. The molecule has 0 saturated heterocycles. The van der Waals surface area contributed by atoms with Crippen molar-refractivity contribution < 1.29 is 4.74 Å². The molecule has 2 N–H and O–H groups in total. The number of rotatable bonds is 9. The lowest BCUT2D eigenvalue weighted by atomic mass is 9.97. The molecule has 0 spiro atoms. The zero-order valence-corrected chi connectivity index (χ0v) is 12.8. The number of hydrogen-bond acceptors (Lipinski definition) is 2. The van der Waals surface area contributed by atoms with Crippen LogP contribution in [0.1, 0.15) is 32.3 Å². The summed E-state index contributed by atoms with van der Waals surface area (Å²) in [5.74, 6) is 1.18. The van der Waals surface area contributed by atoms with Crippen LogP contribution in [0, 0.1) is 11.8 Å². The van der Waals surface area contributed by atoms with E-state index in [9.17, 15) is 0 Å². The van der Waals surface area contributed by atoms with E-state index in [1.807, 2.05) is 18.2 Å². The highest BCUT2D eigenvalue weighted by Crippen LogP contribution is 2.16.